The van der Waals surface area contributed by atoms with Gasteiger partial charge in [-0.1, -0.05) is 31.3 Å². The van der Waals surface area contributed by atoms with E-state index in [9.17, 15) is 9.90 Å². The predicted molar refractivity (Wildman–Crippen MR) is 90.2 cm³/mol. The fraction of sp³-hybridized carbons (Fsp3) is 0.353. The zero-order valence-electron chi connectivity index (χ0n) is 12.9. The molecule has 5 heteroatoms. The van der Waals surface area contributed by atoms with E-state index in [0.717, 1.165) is 10.2 Å². The highest BCUT2D eigenvalue weighted by molar-refractivity contribution is 7.22. The Morgan fingerprint density at radius 1 is 1.36 bits per heavy atom. The van der Waals surface area contributed by atoms with E-state index < -0.39 is 0 Å². The number of aliphatic hydroxyl groups is 1. The zero-order chi connectivity index (χ0) is 15.9. The number of allylic oxidation sites excluding steroid dienone is 2. The molecule has 0 unspecified atom stereocenters. The van der Waals surface area contributed by atoms with Gasteiger partial charge in [-0.2, -0.15) is 0 Å². The highest BCUT2D eigenvalue weighted by atomic mass is 32.1. The van der Waals surface area contributed by atoms with Crippen LogP contribution in [0.25, 0.3) is 10.2 Å². The molecule has 1 heterocycles. The smallest absolute Gasteiger partial charge is 0.210 e. The summed E-state index contributed by atoms with van der Waals surface area (Å²) in [6.45, 7) is 5.99. The highest BCUT2D eigenvalue weighted by Crippen LogP contribution is 2.35. The van der Waals surface area contributed by atoms with Crippen molar-refractivity contribution in [2.75, 3.05) is 0 Å². The molecule has 1 aromatic carbocycles. The lowest BCUT2D eigenvalue weighted by atomic mass is 9.77. The van der Waals surface area contributed by atoms with Crippen LogP contribution in [0.15, 0.2) is 34.5 Å². The molecule has 1 aromatic heterocycles. The average molecular weight is 314 g/mol. The first-order valence-corrected chi connectivity index (χ1v) is 8.02. The quantitative estimate of drug-likeness (QED) is 0.830. The molecule has 0 saturated heterocycles. The van der Waals surface area contributed by atoms with E-state index in [4.69, 9.17) is 0 Å². The van der Waals surface area contributed by atoms with Gasteiger partial charge in [0.15, 0.2) is 5.78 Å². The molecule has 1 aliphatic carbocycles. The Balaban J connectivity index is 1.90. The number of rotatable bonds is 2. The second-order valence-electron chi connectivity index (χ2n) is 6.53. The van der Waals surface area contributed by atoms with Crippen LogP contribution in [-0.4, -0.2) is 22.1 Å². The summed E-state index contributed by atoms with van der Waals surface area (Å²) in [4.78, 5) is 20.8. The minimum atomic E-state index is -0.189. The molecule has 1 aliphatic rings. The number of benzene rings is 1. The van der Waals surface area contributed by atoms with Crippen LogP contribution in [0.3, 0.4) is 0 Å². The van der Waals surface area contributed by atoms with Gasteiger partial charge in [-0.05, 0) is 30.0 Å². The number of Topliss-reactive ketones (excluding diaryl/α,β-unsaturated/α-hetero) is 1. The Hall–Kier alpha value is -2.01. The van der Waals surface area contributed by atoms with Crippen molar-refractivity contribution in [1.29, 1.82) is 0 Å². The fourth-order valence-corrected chi connectivity index (χ4v) is 3.55. The molecule has 0 fully saturated rings. The number of carbonyl (C=O) groups excluding carboxylic acids is 1. The maximum Gasteiger partial charge on any atom is 0.210 e. The minimum absolute atomic E-state index is 0.0607. The largest absolute Gasteiger partial charge is 0.511 e. The number of fused-ring (bicyclic) bond motifs is 1. The Kier molecular flexibility index (Phi) is 3.60. The van der Waals surface area contributed by atoms with Crippen LogP contribution >= 0.6 is 11.3 Å². The molecule has 2 aromatic rings. The first-order valence-electron chi connectivity index (χ1n) is 7.21. The predicted octanol–water partition coefficient (Wildman–Crippen LogP) is 4.51. The van der Waals surface area contributed by atoms with Gasteiger partial charge in [0.05, 0.1) is 15.8 Å². The van der Waals surface area contributed by atoms with Crippen LogP contribution in [0.1, 0.15) is 32.3 Å². The van der Waals surface area contributed by atoms with Gasteiger partial charge in [0.2, 0.25) is 5.13 Å². The van der Waals surface area contributed by atoms with E-state index in [1.807, 2.05) is 32.9 Å². The van der Waals surface area contributed by atoms with Crippen molar-refractivity contribution in [2.45, 2.75) is 33.6 Å². The number of hydrogen-bond acceptors (Lipinski definition) is 5. The molecule has 0 atom stereocenters. The number of nitrogens with zero attached hydrogens (tertiary/aromatic N) is 2. The summed E-state index contributed by atoms with van der Waals surface area (Å²) in [5.41, 5.74) is 2.20. The van der Waals surface area contributed by atoms with Crippen LogP contribution in [0.2, 0.25) is 0 Å². The van der Waals surface area contributed by atoms with Gasteiger partial charge < -0.3 is 5.11 Å². The summed E-state index contributed by atoms with van der Waals surface area (Å²) < 4.78 is 1.07. The monoisotopic (exact) mass is 314 g/mol. The number of carbonyl (C=O) groups is 1. The second kappa shape index (κ2) is 5.32. The molecule has 1 N–H and O–H groups in total. The summed E-state index contributed by atoms with van der Waals surface area (Å²) in [6.07, 6.45) is 2.38. The Labute approximate surface area is 133 Å². The first-order chi connectivity index (χ1) is 10.3. The molecule has 0 aliphatic heterocycles. The third-order valence-electron chi connectivity index (χ3n) is 3.73. The number of thiazole rings is 1. The van der Waals surface area contributed by atoms with Crippen molar-refractivity contribution in [2.24, 2.45) is 10.4 Å². The number of hydrogen-bond donors (Lipinski definition) is 1. The van der Waals surface area contributed by atoms with Gasteiger partial charge >= 0.3 is 0 Å². The van der Waals surface area contributed by atoms with E-state index in [2.05, 4.69) is 16.0 Å². The van der Waals surface area contributed by atoms with Gasteiger partial charge in [-0.25, -0.2) is 9.98 Å². The molecule has 0 bridgehead atoms. The van der Waals surface area contributed by atoms with Gasteiger partial charge in [-0.3, -0.25) is 4.79 Å². The molecule has 114 valence electrons. The van der Waals surface area contributed by atoms with Gasteiger partial charge in [0.25, 0.3) is 0 Å². The summed E-state index contributed by atoms with van der Waals surface area (Å²) in [7, 11) is 0. The first kappa shape index (κ1) is 14.9. The van der Waals surface area contributed by atoms with Crippen LogP contribution in [0.4, 0.5) is 5.13 Å². The van der Waals surface area contributed by atoms with Crippen molar-refractivity contribution < 1.29 is 9.90 Å². The van der Waals surface area contributed by atoms with Crippen LogP contribution in [0.5, 0.6) is 0 Å². The van der Waals surface area contributed by atoms with E-state index >= 15 is 0 Å². The SMILES string of the molecule is Cc1ccc2nc(N=CC3=C(O)CC(C)(C)CC3=O)sc2c1. The molecule has 4 nitrogen and oxygen atoms in total. The zero-order valence-corrected chi connectivity index (χ0v) is 13.7. The second-order valence-corrected chi connectivity index (χ2v) is 7.54. The molecule has 0 spiro atoms. The Bertz CT molecular complexity index is 815. The molecule has 22 heavy (non-hydrogen) atoms. The van der Waals surface area contributed by atoms with Crippen LogP contribution in [0, 0.1) is 12.3 Å². The maximum atomic E-state index is 12.1. The molecule has 0 saturated carbocycles. The van der Waals surface area contributed by atoms with Crippen molar-refractivity contribution in [1.82, 2.24) is 4.98 Å². The average Bonchev–Trinajstić information content (AvgIpc) is 2.78. The van der Waals surface area contributed by atoms with Crippen LogP contribution < -0.4 is 0 Å². The lowest BCUT2D eigenvalue weighted by molar-refractivity contribution is -0.117. The minimum Gasteiger partial charge on any atom is -0.511 e. The fourth-order valence-electron chi connectivity index (χ4n) is 2.64. The molecule has 0 amide bonds. The Morgan fingerprint density at radius 3 is 2.86 bits per heavy atom. The van der Waals surface area contributed by atoms with Crippen molar-refractivity contribution >= 4 is 38.7 Å². The maximum absolute atomic E-state index is 12.1. The van der Waals surface area contributed by atoms with Gasteiger partial charge in [0.1, 0.15) is 5.76 Å². The third-order valence-corrected chi connectivity index (χ3v) is 4.66. The summed E-state index contributed by atoms with van der Waals surface area (Å²) in [5.74, 6) is 0.0661. The van der Waals surface area contributed by atoms with E-state index in [1.54, 1.807) is 0 Å². The van der Waals surface area contributed by atoms with Crippen molar-refractivity contribution in [3.63, 3.8) is 0 Å². The normalized spacial score (nSPS) is 18.6. The van der Waals surface area contributed by atoms with Gasteiger partial charge in [-0.15, -0.1) is 0 Å². The number of aliphatic hydroxyl groups excluding tert-OH is 1. The summed E-state index contributed by atoms with van der Waals surface area (Å²) in [6, 6.07) is 6.04. The number of aryl methyl sites for hydroxylation is 1. The highest BCUT2D eigenvalue weighted by Gasteiger charge is 2.32. The number of aliphatic imine (C=N–C) groups is 1. The van der Waals surface area contributed by atoms with Gasteiger partial charge in [0, 0.05) is 19.1 Å². The number of ketones is 1. The van der Waals surface area contributed by atoms with E-state index in [-0.39, 0.29) is 17.0 Å². The summed E-state index contributed by atoms with van der Waals surface area (Å²) >= 11 is 1.48. The lowest BCUT2D eigenvalue weighted by Crippen LogP contribution is -2.26. The van der Waals surface area contributed by atoms with Crippen molar-refractivity contribution in [3.05, 3.63) is 35.1 Å². The topological polar surface area (TPSA) is 62.6 Å². The Morgan fingerprint density at radius 2 is 2.14 bits per heavy atom. The molecular weight excluding hydrogens is 296 g/mol. The molecule has 3 rings (SSSR count). The van der Waals surface area contributed by atoms with E-state index in [1.165, 1.54) is 23.1 Å². The third kappa shape index (κ3) is 2.95. The summed E-state index contributed by atoms with van der Waals surface area (Å²) in [5, 5.41) is 10.7. The van der Waals surface area contributed by atoms with Crippen LogP contribution in [-0.2, 0) is 4.79 Å². The number of aromatic nitrogens is 1. The van der Waals surface area contributed by atoms with Crippen molar-refractivity contribution in [3.8, 4) is 0 Å². The van der Waals surface area contributed by atoms with E-state index in [0.29, 0.717) is 23.5 Å². The molecular formula is C17H18N2O2S. The molecule has 0 radical (unpaired) electrons. The lowest BCUT2D eigenvalue weighted by Gasteiger charge is -2.28. The standard InChI is InChI=1S/C17H18N2O2S/c1-10-4-5-12-15(6-10)22-16(19-12)18-9-11-13(20)7-17(2,3)8-14(11)21/h4-6,9,20H,7-8H2,1-3H3.